The first-order valence-electron chi connectivity index (χ1n) is 6.99. The van der Waals surface area contributed by atoms with E-state index in [2.05, 4.69) is 19.2 Å². The van der Waals surface area contributed by atoms with Crippen LogP contribution in [0.3, 0.4) is 0 Å². The first-order valence-corrected chi connectivity index (χ1v) is 6.99. The molecule has 0 aromatic heterocycles. The highest BCUT2D eigenvalue weighted by atomic mass is 16.5. The zero-order valence-electron chi connectivity index (χ0n) is 11.6. The fraction of sp³-hybridized carbons (Fsp3) is 0.600. The Labute approximate surface area is 111 Å². The highest BCUT2D eigenvalue weighted by Crippen LogP contribution is 2.23. The van der Waals surface area contributed by atoms with Gasteiger partial charge in [-0.05, 0) is 25.0 Å². The Kier molecular flexibility index (Phi) is 7.26. The van der Waals surface area contributed by atoms with E-state index >= 15 is 0 Å². The largest absolute Gasteiger partial charge is 0.491 e. The summed E-state index contributed by atoms with van der Waals surface area (Å²) in [4.78, 5) is 0. The van der Waals surface area contributed by atoms with Crippen LogP contribution in [0.2, 0.25) is 0 Å². The number of ether oxygens (including phenoxy) is 1. The van der Waals surface area contributed by atoms with Crippen LogP contribution in [0.5, 0.6) is 5.75 Å². The van der Waals surface area contributed by atoms with Gasteiger partial charge in [0.1, 0.15) is 5.75 Å². The minimum atomic E-state index is 0.193. The average molecular weight is 250 g/mol. The second kappa shape index (κ2) is 8.81. The number of nitrogens with one attached hydrogen (secondary N) is 1. The summed E-state index contributed by atoms with van der Waals surface area (Å²) in [7, 11) is 0. The molecule has 0 aliphatic rings. The molecule has 0 radical (unpaired) electrons. The molecule has 3 nitrogen and oxygen atoms in total. The smallest absolute Gasteiger partial charge is 0.142 e. The molecule has 0 fully saturated rings. The lowest BCUT2D eigenvalue weighted by atomic mass is 10.2. The minimum Gasteiger partial charge on any atom is -0.491 e. The summed E-state index contributed by atoms with van der Waals surface area (Å²) in [5.41, 5.74) is 6.95. The molecule has 1 aromatic rings. The monoisotopic (exact) mass is 250 g/mol. The topological polar surface area (TPSA) is 47.3 Å². The lowest BCUT2D eigenvalue weighted by Crippen LogP contribution is -2.28. The summed E-state index contributed by atoms with van der Waals surface area (Å²) >= 11 is 0. The van der Waals surface area contributed by atoms with E-state index in [1.54, 1.807) is 0 Å². The Balaban J connectivity index is 2.45. The van der Waals surface area contributed by atoms with E-state index in [4.69, 9.17) is 10.5 Å². The highest BCUT2D eigenvalue weighted by Gasteiger charge is 2.04. The van der Waals surface area contributed by atoms with Gasteiger partial charge in [-0.15, -0.1) is 0 Å². The van der Waals surface area contributed by atoms with Crippen molar-refractivity contribution >= 4 is 5.69 Å². The predicted octanol–water partition coefficient (Wildman–Crippen LogP) is 3.40. The van der Waals surface area contributed by atoms with Gasteiger partial charge in [0.15, 0.2) is 0 Å². The molecule has 0 aliphatic heterocycles. The van der Waals surface area contributed by atoms with Gasteiger partial charge in [0.25, 0.3) is 0 Å². The van der Waals surface area contributed by atoms with Gasteiger partial charge in [-0.1, -0.05) is 38.8 Å². The van der Waals surface area contributed by atoms with Crippen LogP contribution >= 0.6 is 0 Å². The molecule has 0 aliphatic carbocycles. The van der Waals surface area contributed by atoms with Crippen molar-refractivity contribution in [2.75, 3.05) is 18.5 Å². The van der Waals surface area contributed by atoms with Gasteiger partial charge in [-0.3, -0.25) is 0 Å². The fourth-order valence-electron chi connectivity index (χ4n) is 1.66. The van der Waals surface area contributed by atoms with Gasteiger partial charge < -0.3 is 15.8 Å². The Bertz CT molecular complexity index is 328. The summed E-state index contributed by atoms with van der Waals surface area (Å²) in [5, 5.41) is 3.35. The normalized spacial score (nSPS) is 12.2. The van der Waals surface area contributed by atoms with Crippen LogP contribution in [-0.2, 0) is 0 Å². The summed E-state index contributed by atoms with van der Waals surface area (Å²) in [6.45, 7) is 5.86. The second-order valence-electron chi connectivity index (χ2n) is 4.60. The van der Waals surface area contributed by atoms with Gasteiger partial charge in [-0.2, -0.15) is 0 Å². The molecule has 0 saturated carbocycles. The lowest BCUT2D eigenvalue weighted by molar-refractivity contribution is 0.307. The molecule has 0 heterocycles. The molecule has 3 N–H and O–H groups in total. The molecule has 1 rings (SSSR count). The number of hydrogen-bond donors (Lipinski definition) is 2. The first-order chi connectivity index (χ1) is 8.77. The zero-order chi connectivity index (χ0) is 13.2. The maximum Gasteiger partial charge on any atom is 0.142 e. The van der Waals surface area contributed by atoms with Crippen LogP contribution < -0.4 is 15.8 Å². The van der Waals surface area contributed by atoms with Crippen molar-refractivity contribution in [2.45, 2.75) is 45.6 Å². The van der Waals surface area contributed by atoms with Crippen LogP contribution in [0.25, 0.3) is 0 Å². The van der Waals surface area contributed by atoms with Crippen molar-refractivity contribution in [1.82, 2.24) is 0 Å². The fourth-order valence-corrected chi connectivity index (χ4v) is 1.66. The van der Waals surface area contributed by atoms with Crippen LogP contribution in [-0.4, -0.2) is 19.2 Å². The van der Waals surface area contributed by atoms with Crippen LogP contribution in [0, 0.1) is 0 Å². The number of unbranched alkanes of at least 4 members (excludes halogenated alkanes) is 2. The molecule has 0 saturated heterocycles. The van der Waals surface area contributed by atoms with Gasteiger partial charge >= 0.3 is 0 Å². The SMILES string of the molecule is CCCCCOc1ccccc1NCC(N)CC. The van der Waals surface area contributed by atoms with Crippen molar-refractivity contribution in [1.29, 1.82) is 0 Å². The lowest BCUT2D eigenvalue weighted by Gasteiger charge is -2.15. The number of benzene rings is 1. The standard InChI is InChI=1S/C15H26N2O/c1-3-5-8-11-18-15-10-7-6-9-14(15)17-12-13(16)4-2/h6-7,9-10,13,17H,3-5,8,11-12,16H2,1-2H3. The van der Waals surface area contributed by atoms with Crippen molar-refractivity contribution in [3.63, 3.8) is 0 Å². The zero-order valence-corrected chi connectivity index (χ0v) is 11.6. The predicted molar refractivity (Wildman–Crippen MR) is 78.2 cm³/mol. The van der Waals surface area contributed by atoms with E-state index < -0.39 is 0 Å². The highest BCUT2D eigenvalue weighted by molar-refractivity contribution is 5.56. The molecule has 1 unspecified atom stereocenters. The van der Waals surface area contributed by atoms with E-state index in [0.717, 1.165) is 37.4 Å². The summed E-state index contributed by atoms with van der Waals surface area (Å²) < 4.78 is 5.80. The molecular weight excluding hydrogens is 224 g/mol. The Morgan fingerprint density at radius 3 is 2.72 bits per heavy atom. The molecule has 0 spiro atoms. The van der Waals surface area contributed by atoms with E-state index in [9.17, 15) is 0 Å². The quantitative estimate of drug-likeness (QED) is 0.660. The average Bonchev–Trinajstić information content (AvgIpc) is 2.42. The van der Waals surface area contributed by atoms with Gasteiger partial charge in [0, 0.05) is 12.6 Å². The van der Waals surface area contributed by atoms with Crippen LogP contribution in [0.1, 0.15) is 39.5 Å². The van der Waals surface area contributed by atoms with Gasteiger partial charge in [0.2, 0.25) is 0 Å². The minimum absolute atomic E-state index is 0.193. The third kappa shape index (κ3) is 5.41. The first kappa shape index (κ1) is 14.8. The van der Waals surface area contributed by atoms with E-state index in [0.29, 0.717) is 0 Å². The Morgan fingerprint density at radius 1 is 1.22 bits per heavy atom. The third-order valence-corrected chi connectivity index (χ3v) is 2.97. The van der Waals surface area contributed by atoms with Crippen LogP contribution in [0.15, 0.2) is 24.3 Å². The molecule has 1 aromatic carbocycles. The molecular formula is C15H26N2O. The number of hydrogen-bond acceptors (Lipinski definition) is 3. The Hall–Kier alpha value is -1.22. The Morgan fingerprint density at radius 2 is 2.00 bits per heavy atom. The van der Waals surface area contributed by atoms with E-state index in [1.165, 1.54) is 12.8 Å². The summed E-state index contributed by atoms with van der Waals surface area (Å²) in [6.07, 6.45) is 4.52. The van der Waals surface area contributed by atoms with E-state index in [1.807, 2.05) is 24.3 Å². The van der Waals surface area contributed by atoms with Crippen molar-refractivity contribution < 1.29 is 4.74 Å². The molecule has 102 valence electrons. The molecule has 0 amide bonds. The van der Waals surface area contributed by atoms with Crippen molar-refractivity contribution in [2.24, 2.45) is 5.73 Å². The van der Waals surface area contributed by atoms with Crippen molar-refractivity contribution in [3.05, 3.63) is 24.3 Å². The number of rotatable bonds is 9. The maximum atomic E-state index is 5.91. The number of para-hydroxylation sites is 2. The number of nitrogens with two attached hydrogens (primary N) is 1. The summed E-state index contributed by atoms with van der Waals surface area (Å²) in [5.74, 6) is 0.928. The molecule has 3 heteroatoms. The van der Waals surface area contributed by atoms with Gasteiger partial charge in [0.05, 0.1) is 12.3 Å². The maximum absolute atomic E-state index is 5.91. The second-order valence-corrected chi connectivity index (χ2v) is 4.60. The van der Waals surface area contributed by atoms with E-state index in [-0.39, 0.29) is 6.04 Å². The molecule has 0 bridgehead atoms. The molecule has 1 atom stereocenters. The van der Waals surface area contributed by atoms with Gasteiger partial charge in [-0.25, -0.2) is 0 Å². The number of anilines is 1. The summed E-state index contributed by atoms with van der Waals surface area (Å²) in [6, 6.07) is 8.25. The van der Waals surface area contributed by atoms with Crippen molar-refractivity contribution in [3.8, 4) is 5.75 Å². The third-order valence-electron chi connectivity index (χ3n) is 2.97. The molecule has 18 heavy (non-hydrogen) atoms. The van der Waals surface area contributed by atoms with Crippen LogP contribution in [0.4, 0.5) is 5.69 Å².